The number of rotatable bonds is 1. The normalized spacial score (nSPS) is 7.05. The maximum absolute atomic E-state index is 5.36. The van der Waals surface area contributed by atoms with Crippen molar-refractivity contribution in [3.8, 4) is 0 Å². The molecule has 0 saturated carbocycles. The Kier molecular flexibility index (Phi) is 22.4. The van der Waals surface area contributed by atoms with E-state index in [9.17, 15) is 0 Å². The Morgan fingerprint density at radius 1 is 0.700 bits per heavy atom. The van der Waals surface area contributed by atoms with E-state index in [1.165, 1.54) is 0 Å². The van der Waals surface area contributed by atoms with Gasteiger partial charge in [-0.05, 0) is 24.3 Å². The van der Waals surface area contributed by atoms with E-state index in [1.807, 2.05) is 88.4 Å². The lowest BCUT2D eigenvalue weighted by Crippen LogP contribution is -2.05. The van der Waals surface area contributed by atoms with Crippen molar-refractivity contribution in [2.24, 2.45) is 5.84 Å². The van der Waals surface area contributed by atoms with Gasteiger partial charge >= 0.3 is 0 Å². The van der Waals surface area contributed by atoms with Crippen LogP contribution in [-0.2, 0) is 0 Å². The molecule has 20 heavy (non-hydrogen) atoms. The first-order valence-electron chi connectivity index (χ1n) is 6.65. The molecule has 2 aromatic carbocycles. The topological polar surface area (TPSA) is 64.1 Å². The van der Waals surface area contributed by atoms with Crippen LogP contribution in [0, 0.1) is 0 Å². The summed E-state index contributed by atoms with van der Waals surface area (Å²) in [6.07, 6.45) is 0. The number of anilines is 2. The van der Waals surface area contributed by atoms with Gasteiger partial charge in [-0.15, -0.1) is 0 Å². The summed E-state index contributed by atoms with van der Waals surface area (Å²) in [5.74, 6) is 5.10. The van der Waals surface area contributed by atoms with Crippen LogP contribution in [-0.4, -0.2) is 0 Å². The molecule has 3 nitrogen and oxygen atoms in total. The first-order chi connectivity index (χ1) is 9.33. The van der Waals surface area contributed by atoms with Gasteiger partial charge in [-0.2, -0.15) is 0 Å². The lowest BCUT2D eigenvalue weighted by atomic mass is 10.3. The van der Waals surface area contributed by atoms with E-state index < -0.39 is 0 Å². The quantitative estimate of drug-likeness (QED) is 0.393. The summed E-state index contributed by atoms with van der Waals surface area (Å²) in [4.78, 5) is 0. The van der Waals surface area contributed by atoms with Crippen LogP contribution in [0.5, 0.6) is 0 Å². The van der Waals surface area contributed by atoms with Crippen molar-refractivity contribution in [2.45, 2.75) is 35.1 Å². The minimum absolute atomic E-state index is 0. The molecule has 5 N–H and O–H groups in total. The number of nitrogens with one attached hydrogen (secondary N) is 1. The molecule has 0 unspecified atom stereocenters. The third-order valence-electron chi connectivity index (χ3n) is 1.74. The molecule has 0 spiro atoms. The highest BCUT2D eigenvalue weighted by Gasteiger charge is 1.78. The fourth-order valence-electron chi connectivity index (χ4n) is 0.987. The number of hydrazine groups is 1. The van der Waals surface area contributed by atoms with Crippen molar-refractivity contribution in [3.05, 3.63) is 60.7 Å². The van der Waals surface area contributed by atoms with E-state index in [-0.39, 0.29) is 7.43 Å². The van der Waals surface area contributed by atoms with Crippen molar-refractivity contribution < 1.29 is 0 Å². The second kappa shape index (κ2) is 19.3. The largest absolute Gasteiger partial charge is 0.399 e. The standard InChI is InChI=1S/C6H8N2.C6H7N.2C2H6.CH4/c7-8-6-4-2-1-3-5-6;7-6-4-2-1-3-5-6;2*1-2;/h1-5,8H,7H2;1-5H,7H2;2*1-2H3;1H4. The first-order valence-corrected chi connectivity index (χ1v) is 6.65. The van der Waals surface area contributed by atoms with Crippen LogP contribution in [0.1, 0.15) is 35.1 Å². The summed E-state index contributed by atoms with van der Waals surface area (Å²) in [5, 5.41) is 0. The molecular weight excluding hydrogens is 246 g/mol. The Bertz CT molecular complexity index is 361. The third kappa shape index (κ3) is 14.1. The van der Waals surface area contributed by atoms with Crippen LogP contribution in [0.3, 0.4) is 0 Å². The highest BCUT2D eigenvalue weighted by Crippen LogP contribution is 2.00. The molecule has 3 heteroatoms. The summed E-state index contributed by atoms with van der Waals surface area (Å²) >= 11 is 0. The van der Waals surface area contributed by atoms with Gasteiger partial charge in [0, 0.05) is 11.4 Å². The molecule has 0 amide bonds. The average molecular weight is 277 g/mol. The zero-order valence-electron chi connectivity index (χ0n) is 12.4. The van der Waals surface area contributed by atoms with Gasteiger partial charge < -0.3 is 11.2 Å². The Morgan fingerprint density at radius 3 is 1.25 bits per heavy atom. The van der Waals surface area contributed by atoms with E-state index in [4.69, 9.17) is 11.6 Å². The van der Waals surface area contributed by atoms with Gasteiger partial charge in [0.1, 0.15) is 0 Å². The first kappa shape index (κ1) is 23.1. The monoisotopic (exact) mass is 277 g/mol. The summed E-state index contributed by atoms with van der Waals surface area (Å²) in [5.41, 5.74) is 9.64. The molecule has 0 aliphatic heterocycles. The molecule has 0 aliphatic carbocycles. The van der Waals surface area contributed by atoms with E-state index in [2.05, 4.69) is 5.43 Å². The number of nitrogen functional groups attached to an aromatic ring is 2. The summed E-state index contributed by atoms with van der Waals surface area (Å²) < 4.78 is 0. The van der Waals surface area contributed by atoms with Gasteiger partial charge in [0.05, 0.1) is 0 Å². The molecule has 0 atom stereocenters. The molecule has 0 heterocycles. The predicted octanol–water partition coefficient (Wildman–Crippen LogP) is 4.93. The fourth-order valence-corrected chi connectivity index (χ4v) is 0.987. The van der Waals surface area contributed by atoms with Crippen LogP contribution in [0.2, 0.25) is 0 Å². The number of hydrogen-bond acceptors (Lipinski definition) is 3. The van der Waals surface area contributed by atoms with E-state index >= 15 is 0 Å². The molecule has 0 aliphatic rings. The number of hydrogen-bond donors (Lipinski definition) is 3. The Hall–Kier alpha value is -2.00. The molecule has 0 aromatic heterocycles. The van der Waals surface area contributed by atoms with Crippen LogP contribution < -0.4 is 17.0 Å². The molecular formula is C17H31N3. The molecule has 2 aromatic rings. The van der Waals surface area contributed by atoms with Crippen molar-refractivity contribution >= 4 is 11.4 Å². The number of nitrogens with two attached hydrogens (primary N) is 2. The summed E-state index contributed by atoms with van der Waals surface area (Å²) in [6, 6.07) is 19.1. The molecule has 0 fully saturated rings. The van der Waals surface area contributed by atoms with Gasteiger partial charge in [0.25, 0.3) is 0 Å². The van der Waals surface area contributed by atoms with Crippen molar-refractivity contribution in [2.75, 3.05) is 11.2 Å². The average Bonchev–Trinajstić information content (AvgIpc) is 2.53. The molecule has 2 rings (SSSR count). The van der Waals surface area contributed by atoms with Gasteiger partial charge in [0.15, 0.2) is 0 Å². The Balaban J connectivity index is -0.000000224. The zero-order valence-corrected chi connectivity index (χ0v) is 12.4. The van der Waals surface area contributed by atoms with Crippen molar-refractivity contribution in [1.82, 2.24) is 0 Å². The van der Waals surface area contributed by atoms with Crippen LogP contribution in [0.15, 0.2) is 60.7 Å². The maximum Gasteiger partial charge on any atom is 0.0485 e. The molecule has 0 saturated heterocycles. The predicted molar refractivity (Wildman–Crippen MR) is 94.5 cm³/mol. The highest BCUT2D eigenvalue weighted by atomic mass is 15.2. The molecule has 0 radical (unpaired) electrons. The fraction of sp³-hybridized carbons (Fsp3) is 0.294. The van der Waals surface area contributed by atoms with Gasteiger partial charge in [-0.25, -0.2) is 0 Å². The number of para-hydroxylation sites is 2. The van der Waals surface area contributed by atoms with Crippen molar-refractivity contribution in [3.63, 3.8) is 0 Å². The van der Waals surface area contributed by atoms with Gasteiger partial charge in [-0.1, -0.05) is 71.5 Å². The summed E-state index contributed by atoms with van der Waals surface area (Å²) in [7, 11) is 0. The summed E-state index contributed by atoms with van der Waals surface area (Å²) in [6.45, 7) is 8.00. The minimum atomic E-state index is 0. The van der Waals surface area contributed by atoms with E-state index in [0.717, 1.165) is 11.4 Å². The lowest BCUT2D eigenvalue weighted by Gasteiger charge is -1.94. The second-order valence-corrected chi connectivity index (χ2v) is 2.92. The van der Waals surface area contributed by atoms with Crippen LogP contribution >= 0.6 is 0 Å². The van der Waals surface area contributed by atoms with Crippen LogP contribution in [0.25, 0.3) is 0 Å². The number of benzene rings is 2. The molecule has 0 bridgehead atoms. The lowest BCUT2D eigenvalue weighted by molar-refractivity contribution is 1.35. The Labute approximate surface area is 125 Å². The SMILES string of the molecule is C.CC.CC.NNc1ccccc1.Nc1ccccc1. The smallest absolute Gasteiger partial charge is 0.0485 e. The van der Waals surface area contributed by atoms with E-state index in [0.29, 0.717) is 0 Å². The third-order valence-corrected chi connectivity index (χ3v) is 1.74. The maximum atomic E-state index is 5.36. The van der Waals surface area contributed by atoms with Crippen molar-refractivity contribution in [1.29, 1.82) is 0 Å². The second-order valence-electron chi connectivity index (χ2n) is 2.92. The Morgan fingerprint density at radius 2 is 1.05 bits per heavy atom. The van der Waals surface area contributed by atoms with E-state index in [1.54, 1.807) is 0 Å². The molecule has 114 valence electrons. The van der Waals surface area contributed by atoms with Gasteiger partial charge in [-0.3, -0.25) is 5.84 Å². The zero-order chi connectivity index (χ0) is 14.9. The van der Waals surface area contributed by atoms with Gasteiger partial charge in [0.2, 0.25) is 0 Å². The highest BCUT2D eigenvalue weighted by molar-refractivity contribution is 5.40. The minimum Gasteiger partial charge on any atom is -0.399 e. The van der Waals surface area contributed by atoms with Crippen LogP contribution in [0.4, 0.5) is 11.4 Å².